The van der Waals surface area contributed by atoms with Gasteiger partial charge >= 0.3 is 0 Å². The molecule has 0 bridgehead atoms. The van der Waals surface area contributed by atoms with Crippen molar-refractivity contribution in [2.24, 2.45) is 5.73 Å². The largest absolute Gasteiger partial charge is 0.377 e. The van der Waals surface area contributed by atoms with E-state index in [0.717, 1.165) is 0 Å². The Balaban J connectivity index is 3.11. The fourth-order valence-corrected chi connectivity index (χ4v) is 1.52. The summed E-state index contributed by atoms with van der Waals surface area (Å²) in [5.41, 5.74) is 6.48. The van der Waals surface area contributed by atoms with Gasteiger partial charge in [-0.25, -0.2) is 0 Å². The van der Waals surface area contributed by atoms with Gasteiger partial charge in [-0.1, -0.05) is 11.6 Å². The van der Waals surface area contributed by atoms with Crippen LogP contribution in [-0.2, 0) is 0 Å². The van der Waals surface area contributed by atoms with Crippen molar-refractivity contribution in [1.82, 2.24) is 0 Å². The molecule has 0 radical (unpaired) electrons. The summed E-state index contributed by atoms with van der Waals surface area (Å²) in [5.74, 6) is 0. The number of anilines is 1. The maximum atomic E-state index is 10.9. The van der Waals surface area contributed by atoms with Gasteiger partial charge in [0.25, 0.3) is 5.69 Å². The molecule has 3 N–H and O–H groups in total. The number of nitrogens with two attached hydrogens (primary N) is 1. The zero-order chi connectivity index (χ0) is 13.2. The van der Waals surface area contributed by atoms with Gasteiger partial charge in [0.15, 0.2) is 0 Å². The summed E-state index contributed by atoms with van der Waals surface area (Å²) in [4.78, 5) is 10.5. The summed E-state index contributed by atoms with van der Waals surface area (Å²) in [7, 11) is 0. The molecule has 5 nitrogen and oxygen atoms in total. The van der Waals surface area contributed by atoms with Crippen molar-refractivity contribution in [1.29, 1.82) is 0 Å². The minimum absolute atomic E-state index is 0.0103. The molecule has 1 rings (SSSR count). The predicted molar refractivity (Wildman–Crippen MR) is 69.6 cm³/mol. The molecular weight excluding hydrogens is 242 g/mol. The minimum atomic E-state index is -0.456. The zero-order valence-electron chi connectivity index (χ0n) is 10.1. The van der Waals surface area contributed by atoms with Crippen LogP contribution in [0.4, 0.5) is 11.4 Å². The van der Waals surface area contributed by atoms with E-state index in [-0.39, 0.29) is 5.69 Å². The van der Waals surface area contributed by atoms with Gasteiger partial charge in [0.05, 0.1) is 4.92 Å². The van der Waals surface area contributed by atoms with E-state index >= 15 is 0 Å². The number of halogens is 1. The Morgan fingerprint density at radius 1 is 1.53 bits per heavy atom. The fourth-order valence-electron chi connectivity index (χ4n) is 1.36. The highest BCUT2D eigenvalue weighted by molar-refractivity contribution is 6.31. The molecular formula is C11H16ClN3O2. The normalized spacial score (nSPS) is 11.4. The number of hydrogen-bond acceptors (Lipinski definition) is 4. The molecule has 0 amide bonds. The quantitative estimate of drug-likeness (QED) is 0.642. The molecule has 0 atom stereocenters. The van der Waals surface area contributed by atoms with E-state index in [1.807, 2.05) is 13.8 Å². The van der Waals surface area contributed by atoms with Crippen LogP contribution in [0.15, 0.2) is 12.1 Å². The van der Waals surface area contributed by atoms with Crippen LogP contribution in [0.25, 0.3) is 0 Å². The first kappa shape index (κ1) is 13.7. The Labute approximate surface area is 105 Å². The van der Waals surface area contributed by atoms with Gasteiger partial charge in [0.1, 0.15) is 5.69 Å². The first-order valence-electron chi connectivity index (χ1n) is 5.18. The van der Waals surface area contributed by atoms with Gasteiger partial charge in [-0.2, -0.15) is 0 Å². The van der Waals surface area contributed by atoms with Gasteiger partial charge in [-0.15, -0.1) is 0 Å². The molecule has 1 aromatic rings. The van der Waals surface area contributed by atoms with Crippen molar-refractivity contribution in [3.05, 3.63) is 32.8 Å². The molecule has 6 heteroatoms. The molecule has 17 heavy (non-hydrogen) atoms. The van der Waals surface area contributed by atoms with Crippen molar-refractivity contribution in [3.8, 4) is 0 Å². The van der Waals surface area contributed by atoms with Crippen LogP contribution in [0.1, 0.15) is 19.4 Å². The van der Waals surface area contributed by atoms with Crippen molar-refractivity contribution >= 4 is 23.0 Å². The van der Waals surface area contributed by atoms with Crippen molar-refractivity contribution in [2.75, 3.05) is 11.9 Å². The molecule has 0 heterocycles. The second-order valence-corrected chi connectivity index (χ2v) is 5.07. The second kappa shape index (κ2) is 4.89. The van der Waals surface area contributed by atoms with E-state index in [9.17, 15) is 10.1 Å². The van der Waals surface area contributed by atoms with Gasteiger partial charge < -0.3 is 11.1 Å². The lowest BCUT2D eigenvalue weighted by atomic mass is 10.1. The Bertz CT molecular complexity index is 441. The lowest BCUT2D eigenvalue weighted by Crippen LogP contribution is -2.39. The average molecular weight is 258 g/mol. The molecule has 1 aromatic carbocycles. The van der Waals surface area contributed by atoms with Crippen molar-refractivity contribution in [3.63, 3.8) is 0 Å². The molecule has 0 aliphatic carbocycles. The predicted octanol–water partition coefficient (Wildman–Crippen LogP) is 2.71. The number of hydrogen-bond donors (Lipinski definition) is 2. The molecule has 0 saturated heterocycles. The Hall–Kier alpha value is -1.33. The van der Waals surface area contributed by atoms with Crippen LogP contribution >= 0.6 is 11.6 Å². The minimum Gasteiger partial charge on any atom is -0.377 e. The molecule has 94 valence electrons. The third-order valence-corrected chi connectivity index (χ3v) is 2.70. The van der Waals surface area contributed by atoms with E-state index in [2.05, 4.69) is 5.32 Å². The van der Waals surface area contributed by atoms with Crippen LogP contribution in [0.2, 0.25) is 5.02 Å². The Morgan fingerprint density at radius 3 is 2.59 bits per heavy atom. The SMILES string of the molecule is Cc1c(Cl)ccc([N+](=O)[O-])c1NCC(C)(C)N. The third kappa shape index (κ3) is 3.57. The van der Waals surface area contributed by atoms with Gasteiger partial charge in [-0.3, -0.25) is 10.1 Å². The second-order valence-electron chi connectivity index (χ2n) is 4.67. The van der Waals surface area contributed by atoms with Crippen LogP contribution in [0.5, 0.6) is 0 Å². The fraction of sp³-hybridized carbons (Fsp3) is 0.455. The van der Waals surface area contributed by atoms with Crippen LogP contribution < -0.4 is 11.1 Å². The summed E-state index contributed by atoms with van der Waals surface area (Å²) in [5, 5.41) is 14.4. The molecule has 0 unspecified atom stereocenters. The molecule has 0 aromatic heterocycles. The summed E-state index contributed by atoms with van der Waals surface area (Å²) in [6, 6.07) is 2.91. The Kier molecular flexibility index (Phi) is 3.95. The standard InChI is InChI=1S/C11H16ClN3O2/c1-7-8(12)4-5-9(15(16)17)10(7)14-6-11(2,3)13/h4-5,14H,6,13H2,1-3H3. The maximum absolute atomic E-state index is 10.9. The smallest absolute Gasteiger partial charge is 0.292 e. The number of nitro groups is 1. The summed E-state index contributed by atoms with van der Waals surface area (Å²) >= 11 is 5.95. The lowest BCUT2D eigenvalue weighted by molar-refractivity contribution is -0.384. The van der Waals surface area contributed by atoms with Gasteiger partial charge in [-0.05, 0) is 32.4 Å². The van der Waals surface area contributed by atoms with E-state index in [4.69, 9.17) is 17.3 Å². The number of benzene rings is 1. The zero-order valence-corrected chi connectivity index (χ0v) is 10.8. The maximum Gasteiger partial charge on any atom is 0.292 e. The van der Waals surface area contributed by atoms with Crippen LogP contribution in [0, 0.1) is 17.0 Å². The highest BCUT2D eigenvalue weighted by Gasteiger charge is 2.19. The van der Waals surface area contributed by atoms with Gasteiger partial charge in [0.2, 0.25) is 0 Å². The molecule has 0 aliphatic heterocycles. The van der Waals surface area contributed by atoms with Gasteiger partial charge in [0, 0.05) is 23.2 Å². The van der Waals surface area contributed by atoms with Crippen molar-refractivity contribution in [2.45, 2.75) is 26.3 Å². The highest BCUT2D eigenvalue weighted by Crippen LogP contribution is 2.32. The number of rotatable bonds is 4. The summed E-state index contributed by atoms with van der Waals surface area (Å²) in [6.45, 7) is 5.84. The average Bonchev–Trinajstić information content (AvgIpc) is 2.18. The van der Waals surface area contributed by atoms with E-state index in [1.54, 1.807) is 6.92 Å². The van der Waals surface area contributed by atoms with Crippen LogP contribution in [-0.4, -0.2) is 17.0 Å². The molecule has 0 aliphatic rings. The summed E-state index contributed by atoms with van der Waals surface area (Å²) < 4.78 is 0. The molecule has 0 saturated carbocycles. The van der Waals surface area contributed by atoms with E-state index in [1.165, 1.54) is 12.1 Å². The Morgan fingerprint density at radius 2 is 2.12 bits per heavy atom. The number of nitrogens with one attached hydrogen (secondary N) is 1. The monoisotopic (exact) mass is 257 g/mol. The van der Waals surface area contributed by atoms with E-state index < -0.39 is 10.5 Å². The topological polar surface area (TPSA) is 81.2 Å². The first-order chi connectivity index (χ1) is 7.72. The highest BCUT2D eigenvalue weighted by atomic mass is 35.5. The number of nitro benzene ring substituents is 1. The van der Waals surface area contributed by atoms with Crippen molar-refractivity contribution < 1.29 is 4.92 Å². The van der Waals surface area contributed by atoms with E-state index in [0.29, 0.717) is 22.8 Å². The lowest BCUT2D eigenvalue weighted by Gasteiger charge is -2.20. The van der Waals surface area contributed by atoms with Crippen LogP contribution in [0.3, 0.4) is 0 Å². The third-order valence-electron chi connectivity index (χ3n) is 2.29. The first-order valence-corrected chi connectivity index (χ1v) is 5.56. The molecule has 0 fully saturated rings. The summed E-state index contributed by atoms with van der Waals surface area (Å²) in [6.07, 6.45) is 0. The molecule has 0 spiro atoms. The number of nitrogens with zero attached hydrogens (tertiary/aromatic N) is 1.